The SMILES string of the molecule is COc1cccc2c(C)cc(N3CCN(S(=O)(=O)c4ccc(C(=O)O)cc4)CC3)nc12. The second kappa shape index (κ2) is 8.16. The molecule has 4 rings (SSSR count). The number of aromatic carboxylic acids is 1. The van der Waals surface area contributed by atoms with Crippen LogP contribution >= 0.6 is 0 Å². The Balaban J connectivity index is 1.54. The van der Waals surface area contributed by atoms with Crippen LogP contribution in [-0.4, -0.2) is 62.1 Å². The molecule has 9 heteroatoms. The summed E-state index contributed by atoms with van der Waals surface area (Å²) in [6, 6.07) is 13.1. The number of pyridine rings is 1. The average Bonchev–Trinajstić information content (AvgIpc) is 2.78. The van der Waals surface area contributed by atoms with Gasteiger partial charge in [-0.05, 0) is 48.9 Å². The van der Waals surface area contributed by atoms with Gasteiger partial charge in [0, 0.05) is 31.6 Å². The van der Waals surface area contributed by atoms with E-state index in [1.165, 1.54) is 28.6 Å². The van der Waals surface area contributed by atoms with E-state index in [1.54, 1.807) is 7.11 Å². The van der Waals surface area contributed by atoms with Crippen LogP contribution in [0, 0.1) is 6.92 Å². The molecule has 1 aromatic heterocycles. The molecule has 162 valence electrons. The molecule has 31 heavy (non-hydrogen) atoms. The highest BCUT2D eigenvalue weighted by Crippen LogP contribution is 2.30. The average molecular weight is 442 g/mol. The van der Waals surface area contributed by atoms with Gasteiger partial charge in [0.15, 0.2) is 0 Å². The monoisotopic (exact) mass is 441 g/mol. The smallest absolute Gasteiger partial charge is 0.335 e. The molecule has 1 fully saturated rings. The summed E-state index contributed by atoms with van der Waals surface area (Å²) in [7, 11) is -2.07. The minimum Gasteiger partial charge on any atom is -0.494 e. The van der Waals surface area contributed by atoms with Gasteiger partial charge < -0.3 is 14.7 Å². The van der Waals surface area contributed by atoms with Gasteiger partial charge in [0.1, 0.15) is 17.1 Å². The molecule has 0 aliphatic carbocycles. The third-order valence-corrected chi connectivity index (χ3v) is 7.43. The van der Waals surface area contributed by atoms with E-state index < -0.39 is 16.0 Å². The van der Waals surface area contributed by atoms with Gasteiger partial charge in [-0.2, -0.15) is 4.31 Å². The van der Waals surface area contributed by atoms with Crippen molar-refractivity contribution in [3.63, 3.8) is 0 Å². The van der Waals surface area contributed by atoms with E-state index in [-0.39, 0.29) is 10.5 Å². The fourth-order valence-electron chi connectivity index (χ4n) is 3.78. The molecule has 0 spiro atoms. The molecule has 3 aromatic rings. The number of benzene rings is 2. The summed E-state index contributed by atoms with van der Waals surface area (Å²) in [5, 5.41) is 10.0. The molecule has 2 heterocycles. The van der Waals surface area contributed by atoms with Gasteiger partial charge in [0.25, 0.3) is 0 Å². The number of sulfonamides is 1. The number of ether oxygens (including phenoxy) is 1. The fraction of sp³-hybridized carbons (Fsp3) is 0.273. The minimum absolute atomic E-state index is 0.0527. The third kappa shape index (κ3) is 3.94. The normalized spacial score (nSPS) is 15.2. The van der Waals surface area contributed by atoms with Gasteiger partial charge in [-0.3, -0.25) is 0 Å². The Morgan fingerprint density at radius 1 is 1.06 bits per heavy atom. The highest BCUT2D eigenvalue weighted by Gasteiger charge is 2.29. The molecule has 1 aliphatic heterocycles. The van der Waals surface area contributed by atoms with Crippen LogP contribution in [-0.2, 0) is 10.0 Å². The summed E-state index contributed by atoms with van der Waals surface area (Å²) < 4.78 is 32.8. The molecule has 0 saturated carbocycles. The number of nitrogens with zero attached hydrogens (tertiary/aromatic N) is 3. The molecule has 1 N–H and O–H groups in total. The van der Waals surface area contributed by atoms with Crippen LogP contribution in [0.5, 0.6) is 5.75 Å². The number of aromatic nitrogens is 1. The van der Waals surface area contributed by atoms with Crippen LogP contribution in [0.3, 0.4) is 0 Å². The van der Waals surface area contributed by atoms with E-state index in [2.05, 4.69) is 4.90 Å². The summed E-state index contributed by atoms with van der Waals surface area (Å²) in [5.41, 5.74) is 1.91. The highest BCUT2D eigenvalue weighted by molar-refractivity contribution is 7.89. The molecule has 0 atom stereocenters. The minimum atomic E-state index is -3.69. The van der Waals surface area contributed by atoms with Crippen LogP contribution in [0.1, 0.15) is 15.9 Å². The summed E-state index contributed by atoms with van der Waals surface area (Å²) in [6.07, 6.45) is 0. The lowest BCUT2D eigenvalue weighted by atomic mass is 10.1. The van der Waals surface area contributed by atoms with Gasteiger partial charge in [0.05, 0.1) is 17.6 Å². The lowest BCUT2D eigenvalue weighted by molar-refractivity contribution is 0.0696. The predicted molar refractivity (Wildman–Crippen MR) is 117 cm³/mol. The molecule has 8 nitrogen and oxygen atoms in total. The maximum atomic E-state index is 13.0. The van der Waals surface area contributed by atoms with Gasteiger partial charge in [-0.1, -0.05) is 12.1 Å². The summed E-state index contributed by atoms with van der Waals surface area (Å²) >= 11 is 0. The quantitative estimate of drug-likeness (QED) is 0.650. The van der Waals surface area contributed by atoms with Crippen molar-refractivity contribution >= 4 is 32.7 Å². The first-order valence-corrected chi connectivity index (χ1v) is 11.3. The van der Waals surface area contributed by atoms with Crippen molar-refractivity contribution < 1.29 is 23.1 Å². The second-order valence-corrected chi connectivity index (χ2v) is 9.31. The van der Waals surface area contributed by atoms with E-state index in [0.29, 0.717) is 31.9 Å². The number of piperazine rings is 1. The van der Waals surface area contributed by atoms with Crippen molar-refractivity contribution in [2.75, 3.05) is 38.2 Å². The highest BCUT2D eigenvalue weighted by atomic mass is 32.2. The molecule has 0 bridgehead atoms. The van der Waals surface area contributed by atoms with Crippen molar-refractivity contribution in [3.8, 4) is 5.75 Å². The summed E-state index contributed by atoms with van der Waals surface area (Å²) in [5.74, 6) is 0.401. The maximum absolute atomic E-state index is 13.0. The zero-order valence-electron chi connectivity index (χ0n) is 17.3. The Bertz CT molecular complexity index is 1230. The van der Waals surface area contributed by atoms with Crippen molar-refractivity contribution in [1.82, 2.24) is 9.29 Å². The van der Waals surface area contributed by atoms with Crippen molar-refractivity contribution in [2.24, 2.45) is 0 Å². The first kappa shape index (κ1) is 21.1. The Morgan fingerprint density at radius 2 is 1.74 bits per heavy atom. The molecule has 0 amide bonds. The number of rotatable bonds is 5. The van der Waals surface area contributed by atoms with Gasteiger partial charge in [0.2, 0.25) is 10.0 Å². The van der Waals surface area contributed by atoms with Gasteiger partial charge in [-0.15, -0.1) is 0 Å². The Hall–Kier alpha value is -3.17. The first-order valence-electron chi connectivity index (χ1n) is 9.84. The van der Waals surface area contributed by atoms with Crippen LogP contribution in [0.25, 0.3) is 10.9 Å². The van der Waals surface area contributed by atoms with Crippen LogP contribution in [0.15, 0.2) is 53.4 Å². The fourth-order valence-corrected chi connectivity index (χ4v) is 5.20. The van der Waals surface area contributed by atoms with Gasteiger partial charge >= 0.3 is 5.97 Å². The number of methoxy groups -OCH3 is 1. The Morgan fingerprint density at radius 3 is 2.35 bits per heavy atom. The molecule has 2 aromatic carbocycles. The van der Waals surface area contributed by atoms with E-state index in [0.717, 1.165) is 22.3 Å². The molecular formula is C22H23N3O5S. The van der Waals surface area contributed by atoms with E-state index in [1.807, 2.05) is 31.2 Å². The van der Waals surface area contributed by atoms with E-state index >= 15 is 0 Å². The summed E-state index contributed by atoms with van der Waals surface area (Å²) in [4.78, 5) is 17.9. The molecule has 0 radical (unpaired) electrons. The van der Waals surface area contributed by atoms with Crippen molar-refractivity contribution in [2.45, 2.75) is 11.8 Å². The topological polar surface area (TPSA) is 100 Å². The second-order valence-electron chi connectivity index (χ2n) is 7.37. The standard InChI is InChI=1S/C22H23N3O5S/c1-15-14-20(23-21-18(15)4-3-5-19(21)30-2)24-10-12-25(13-11-24)31(28,29)17-8-6-16(7-9-17)22(26)27/h3-9,14H,10-13H2,1-2H3,(H,26,27). The number of carbonyl (C=O) groups is 1. The number of aryl methyl sites for hydroxylation is 1. The number of anilines is 1. The first-order chi connectivity index (χ1) is 14.8. The lowest BCUT2D eigenvalue weighted by Crippen LogP contribution is -2.48. The maximum Gasteiger partial charge on any atom is 0.335 e. The largest absolute Gasteiger partial charge is 0.494 e. The number of carboxylic acids is 1. The van der Waals surface area contributed by atoms with Crippen molar-refractivity contribution in [3.05, 3.63) is 59.7 Å². The zero-order chi connectivity index (χ0) is 22.2. The molecule has 1 aliphatic rings. The number of para-hydroxylation sites is 1. The number of fused-ring (bicyclic) bond motifs is 1. The number of hydrogen-bond acceptors (Lipinski definition) is 6. The molecule has 0 unspecified atom stereocenters. The van der Waals surface area contributed by atoms with Gasteiger partial charge in [-0.25, -0.2) is 18.2 Å². The van der Waals surface area contributed by atoms with E-state index in [4.69, 9.17) is 14.8 Å². The Kier molecular flexibility index (Phi) is 5.55. The number of carboxylic acid groups (broad SMARTS) is 1. The predicted octanol–water partition coefficient (Wildman–Crippen LogP) is 2.76. The molecular weight excluding hydrogens is 418 g/mol. The zero-order valence-corrected chi connectivity index (χ0v) is 18.1. The number of hydrogen-bond donors (Lipinski definition) is 1. The van der Waals surface area contributed by atoms with Crippen LogP contribution < -0.4 is 9.64 Å². The third-order valence-electron chi connectivity index (χ3n) is 5.52. The lowest BCUT2D eigenvalue weighted by Gasteiger charge is -2.35. The van der Waals surface area contributed by atoms with Crippen molar-refractivity contribution in [1.29, 1.82) is 0 Å². The van der Waals surface area contributed by atoms with Crippen LogP contribution in [0.2, 0.25) is 0 Å². The Labute approximate surface area is 180 Å². The molecule has 1 saturated heterocycles. The van der Waals surface area contributed by atoms with E-state index in [9.17, 15) is 13.2 Å². The summed E-state index contributed by atoms with van der Waals surface area (Å²) in [6.45, 7) is 3.65. The van der Waals surface area contributed by atoms with Crippen LogP contribution in [0.4, 0.5) is 5.82 Å².